The molecule has 0 bridgehead atoms. The summed E-state index contributed by atoms with van der Waals surface area (Å²) >= 11 is 0. The lowest BCUT2D eigenvalue weighted by Crippen LogP contribution is -2.59. The molecular weight excluding hydrogens is 192 g/mol. The molecule has 0 aromatic rings. The molecule has 0 spiro atoms. The Hall–Kier alpha value is -0.240. The van der Waals surface area contributed by atoms with E-state index in [-0.39, 0.29) is 6.61 Å². The van der Waals surface area contributed by atoms with E-state index in [2.05, 4.69) is 0 Å². The molecule has 1 rings (SSSR count). The van der Waals surface area contributed by atoms with Gasteiger partial charge in [0.05, 0.1) is 6.61 Å². The lowest BCUT2D eigenvalue weighted by atomic mass is 9.99. The van der Waals surface area contributed by atoms with Crippen LogP contribution in [0.25, 0.3) is 0 Å². The molecule has 0 aromatic carbocycles. The maximum absolute atomic E-state index is 9.54. The number of methoxy groups -OCH3 is 2. The van der Waals surface area contributed by atoms with E-state index < -0.39 is 30.7 Å². The van der Waals surface area contributed by atoms with Crippen LogP contribution in [0.3, 0.4) is 0 Å². The van der Waals surface area contributed by atoms with Gasteiger partial charge in [-0.15, -0.1) is 0 Å². The van der Waals surface area contributed by atoms with Gasteiger partial charge in [-0.2, -0.15) is 0 Å². The molecule has 3 N–H and O–H groups in total. The summed E-state index contributed by atoms with van der Waals surface area (Å²) in [5.41, 5.74) is 0. The number of aliphatic hydroxyl groups excluding tert-OH is 3. The Morgan fingerprint density at radius 3 is 2.29 bits per heavy atom. The maximum atomic E-state index is 9.54. The van der Waals surface area contributed by atoms with E-state index in [1.165, 1.54) is 14.2 Å². The van der Waals surface area contributed by atoms with Gasteiger partial charge < -0.3 is 29.5 Å². The highest BCUT2D eigenvalue weighted by molar-refractivity contribution is 4.89. The van der Waals surface area contributed by atoms with E-state index in [0.717, 1.165) is 0 Å². The molecule has 0 saturated carbocycles. The van der Waals surface area contributed by atoms with Crippen molar-refractivity contribution in [3.8, 4) is 0 Å². The Morgan fingerprint density at radius 2 is 1.79 bits per heavy atom. The van der Waals surface area contributed by atoms with Gasteiger partial charge in [-0.3, -0.25) is 0 Å². The van der Waals surface area contributed by atoms with Crippen molar-refractivity contribution in [3.63, 3.8) is 0 Å². The number of hydrogen-bond donors (Lipinski definition) is 3. The monoisotopic (exact) mass is 208 g/mol. The van der Waals surface area contributed by atoms with E-state index in [0.29, 0.717) is 0 Å². The summed E-state index contributed by atoms with van der Waals surface area (Å²) in [5.74, 6) is 0. The summed E-state index contributed by atoms with van der Waals surface area (Å²) in [6, 6.07) is 0. The fourth-order valence-electron chi connectivity index (χ4n) is 1.48. The second kappa shape index (κ2) is 5.01. The zero-order valence-corrected chi connectivity index (χ0v) is 8.16. The normalized spacial score (nSPS) is 43.9. The van der Waals surface area contributed by atoms with Crippen LogP contribution in [0.15, 0.2) is 0 Å². The molecule has 1 aliphatic heterocycles. The molecule has 6 heteroatoms. The van der Waals surface area contributed by atoms with Crippen LogP contribution in [0.4, 0.5) is 0 Å². The van der Waals surface area contributed by atoms with Gasteiger partial charge in [0, 0.05) is 14.2 Å². The Balaban J connectivity index is 2.62. The van der Waals surface area contributed by atoms with E-state index in [1.807, 2.05) is 0 Å². The molecule has 6 nitrogen and oxygen atoms in total. The third kappa shape index (κ3) is 2.22. The molecule has 0 amide bonds. The van der Waals surface area contributed by atoms with E-state index in [4.69, 9.17) is 14.2 Å². The lowest BCUT2D eigenvalue weighted by Gasteiger charge is -2.39. The minimum absolute atomic E-state index is 0.103. The predicted octanol–water partition coefficient (Wildman–Crippen LogP) is -1.91. The van der Waals surface area contributed by atoms with Crippen molar-refractivity contribution in [3.05, 3.63) is 0 Å². The van der Waals surface area contributed by atoms with Crippen molar-refractivity contribution in [2.24, 2.45) is 0 Å². The van der Waals surface area contributed by atoms with Crippen molar-refractivity contribution < 1.29 is 29.5 Å². The summed E-state index contributed by atoms with van der Waals surface area (Å²) in [5, 5.41) is 28.5. The lowest BCUT2D eigenvalue weighted by molar-refractivity contribution is -0.292. The summed E-state index contributed by atoms with van der Waals surface area (Å²) in [6.07, 6.45) is -5.22. The molecule has 1 heterocycles. The summed E-state index contributed by atoms with van der Waals surface area (Å²) < 4.78 is 14.6. The predicted molar refractivity (Wildman–Crippen MR) is 45.6 cm³/mol. The van der Waals surface area contributed by atoms with Gasteiger partial charge in [-0.05, 0) is 0 Å². The van der Waals surface area contributed by atoms with Crippen LogP contribution in [0.2, 0.25) is 0 Å². The van der Waals surface area contributed by atoms with Crippen LogP contribution in [-0.2, 0) is 14.2 Å². The van der Waals surface area contributed by atoms with E-state index >= 15 is 0 Å². The van der Waals surface area contributed by atoms with Crippen LogP contribution in [0.1, 0.15) is 0 Å². The minimum atomic E-state index is -1.25. The number of rotatable bonds is 3. The van der Waals surface area contributed by atoms with Gasteiger partial charge in [0.2, 0.25) is 0 Å². The van der Waals surface area contributed by atoms with Crippen LogP contribution in [-0.4, -0.2) is 66.9 Å². The molecule has 0 aliphatic carbocycles. The highest BCUT2D eigenvalue weighted by Gasteiger charge is 2.43. The zero-order chi connectivity index (χ0) is 10.7. The fourth-order valence-corrected chi connectivity index (χ4v) is 1.48. The molecule has 1 saturated heterocycles. The molecule has 0 aromatic heterocycles. The highest BCUT2D eigenvalue weighted by Crippen LogP contribution is 2.21. The van der Waals surface area contributed by atoms with Crippen LogP contribution < -0.4 is 0 Å². The summed E-state index contributed by atoms with van der Waals surface area (Å²) in [4.78, 5) is 0. The van der Waals surface area contributed by atoms with Crippen molar-refractivity contribution in [2.75, 3.05) is 20.8 Å². The van der Waals surface area contributed by atoms with Crippen molar-refractivity contribution in [2.45, 2.75) is 30.7 Å². The third-order valence-corrected chi connectivity index (χ3v) is 2.27. The second-order valence-corrected chi connectivity index (χ2v) is 3.20. The van der Waals surface area contributed by atoms with Gasteiger partial charge in [-0.1, -0.05) is 0 Å². The third-order valence-electron chi connectivity index (χ3n) is 2.27. The average Bonchev–Trinajstić information content (AvgIpc) is 2.15. The first-order valence-electron chi connectivity index (χ1n) is 4.33. The molecule has 14 heavy (non-hydrogen) atoms. The quantitative estimate of drug-likeness (QED) is 0.501. The molecule has 1 unspecified atom stereocenters. The van der Waals surface area contributed by atoms with Crippen molar-refractivity contribution >= 4 is 0 Å². The van der Waals surface area contributed by atoms with Crippen molar-refractivity contribution in [1.82, 2.24) is 0 Å². The van der Waals surface area contributed by atoms with Gasteiger partial charge in [0.1, 0.15) is 24.4 Å². The molecule has 1 aliphatic rings. The molecule has 5 atom stereocenters. The minimum Gasteiger partial charge on any atom is -0.387 e. The molecule has 1 fully saturated rings. The van der Waals surface area contributed by atoms with Gasteiger partial charge in [-0.25, -0.2) is 0 Å². The maximum Gasteiger partial charge on any atom is 0.184 e. The first-order valence-corrected chi connectivity index (χ1v) is 4.33. The largest absolute Gasteiger partial charge is 0.387 e. The van der Waals surface area contributed by atoms with Gasteiger partial charge >= 0.3 is 0 Å². The summed E-state index contributed by atoms with van der Waals surface area (Å²) in [7, 11) is 2.76. The highest BCUT2D eigenvalue weighted by atomic mass is 16.7. The van der Waals surface area contributed by atoms with Crippen LogP contribution in [0, 0.1) is 0 Å². The zero-order valence-electron chi connectivity index (χ0n) is 8.16. The molecule has 84 valence electrons. The average molecular weight is 208 g/mol. The van der Waals surface area contributed by atoms with Gasteiger partial charge in [0.25, 0.3) is 0 Å². The molecule has 0 radical (unpaired) electrons. The first kappa shape index (κ1) is 11.8. The van der Waals surface area contributed by atoms with E-state index in [1.54, 1.807) is 0 Å². The van der Waals surface area contributed by atoms with E-state index in [9.17, 15) is 15.3 Å². The smallest absolute Gasteiger partial charge is 0.184 e. The number of ether oxygens (including phenoxy) is 3. The second-order valence-electron chi connectivity index (χ2n) is 3.20. The molecular formula is C8H16O6. The fraction of sp³-hybridized carbons (Fsp3) is 1.00. The van der Waals surface area contributed by atoms with Crippen LogP contribution in [0.5, 0.6) is 0 Å². The Bertz CT molecular complexity index is 173. The Labute approximate surface area is 82.0 Å². The van der Waals surface area contributed by atoms with Crippen LogP contribution >= 0.6 is 0 Å². The topological polar surface area (TPSA) is 88.4 Å². The van der Waals surface area contributed by atoms with Crippen molar-refractivity contribution in [1.29, 1.82) is 0 Å². The SMILES string of the molecule is COC[C@@H]1OC(O)[C@@H](OC)[C@@H](O)[C@H]1O. The standard InChI is InChI=1S/C8H16O6/c1-12-3-4-5(9)6(10)7(13-2)8(11)14-4/h4-11H,3H2,1-2H3/t4-,5-,6-,7-,8?/m0/s1. The first-order chi connectivity index (χ1) is 6.61. The number of hydrogen-bond acceptors (Lipinski definition) is 6. The number of aliphatic hydroxyl groups is 3. The Kier molecular flexibility index (Phi) is 4.24. The summed E-state index contributed by atoms with van der Waals surface area (Å²) in [6.45, 7) is 0.103. The Morgan fingerprint density at radius 1 is 1.14 bits per heavy atom. The van der Waals surface area contributed by atoms with Gasteiger partial charge in [0.15, 0.2) is 6.29 Å².